The van der Waals surface area contributed by atoms with Gasteiger partial charge in [0.2, 0.25) is 11.9 Å². The number of benzene rings is 1. The minimum Gasteiger partial charge on any atom is -0.396 e. The number of hydrogen-bond acceptors (Lipinski definition) is 5. The molecule has 0 bridgehead atoms. The summed E-state index contributed by atoms with van der Waals surface area (Å²) in [6.07, 6.45) is 0.498. The molecule has 0 atom stereocenters. The van der Waals surface area contributed by atoms with Crippen molar-refractivity contribution in [1.29, 1.82) is 0 Å². The molecule has 0 spiro atoms. The number of imidazole rings is 1. The van der Waals surface area contributed by atoms with Crippen LogP contribution in [0.4, 0.5) is 5.95 Å². The molecular formula is C18H22N6O3. The van der Waals surface area contributed by atoms with E-state index in [0.29, 0.717) is 42.2 Å². The summed E-state index contributed by atoms with van der Waals surface area (Å²) in [4.78, 5) is 28.6. The molecule has 9 nitrogen and oxygen atoms in total. The maximum absolute atomic E-state index is 12.7. The first-order valence-corrected chi connectivity index (χ1v) is 8.71. The van der Waals surface area contributed by atoms with Crippen LogP contribution in [-0.2, 0) is 13.1 Å². The molecule has 0 aliphatic carbocycles. The second-order valence-electron chi connectivity index (χ2n) is 6.17. The number of nitrogens with two attached hydrogens (primary N) is 1. The molecule has 0 saturated carbocycles. The van der Waals surface area contributed by atoms with Crippen LogP contribution >= 0.6 is 0 Å². The lowest BCUT2D eigenvalue weighted by molar-refractivity contribution is 0.0996. The van der Waals surface area contributed by atoms with Crippen molar-refractivity contribution < 1.29 is 14.7 Å². The minimum absolute atomic E-state index is 0.00816. The van der Waals surface area contributed by atoms with E-state index in [2.05, 4.69) is 15.4 Å². The highest BCUT2D eigenvalue weighted by atomic mass is 16.3. The quantitative estimate of drug-likeness (QED) is 0.577. The molecule has 0 unspecified atom stereocenters. The summed E-state index contributed by atoms with van der Waals surface area (Å²) in [7, 11) is 0. The van der Waals surface area contributed by atoms with E-state index in [1.807, 2.05) is 13.8 Å². The molecule has 0 fully saturated rings. The third-order valence-electron chi connectivity index (χ3n) is 4.23. The first-order chi connectivity index (χ1) is 12.9. The van der Waals surface area contributed by atoms with E-state index in [1.165, 1.54) is 0 Å². The largest absolute Gasteiger partial charge is 0.396 e. The number of amides is 2. The van der Waals surface area contributed by atoms with E-state index in [4.69, 9.17) is 5.73 Å². The third-order valence-corrected chi connectivity index (χ3v) is 4.23. The van der Waals surface area contributed by atoms with E-state index in [9.17, 15) is 14.7 Å². The predicted octanol–water partition coefficient (Wildman–Crippen LogP) is 1.29. The summed E-state index contributed by atoms with van der Waals surface area (Å²) in [5.74, 6) is -0.533. The average Bonchev–Trinajstić information content (AvgIpc) is 3.19. The van der Waals surface area contributed by atoms with Gasteiger partial charge in [0.25, 0.3) is 5.91 Å². The lowest BCUT2D eigenvalue weighted by atomic mass is 10.2. The highest BCUT2D eigenvalue weighted by molar-refractivity contribution is 6.03. The smallest absolute Gasteiger partial charge is 0.276 e. The van der Waals surface area contributed by atoms with Crippen LogP contribution in [0.2, 0.25) is 0 Å². The van der Waals surface area contributed by atoms with Crippen LogP contribution in [0, 0.1) is 6.92 Å². The standard InChI is InChI=1S/C18H22N6O3/c1-3-24-15(9-11(2)22-24)17(27)21-18-20-13-10-12(16(19)26)5-6-14(13)23(18)7-4-8-25/h5-6,9-10,25H,3-4,7-8H2,1-2H3,(H2,19,26)(H,20,21,27). The first kappa shape index (κ1) is 18.6. The van der Waals surface area contributed by atoms with Crippen molar-refractivity contribution >= 4 is 28.8 Å². The van der Waals surface area contributed by atoms with Gasteiger partial charge in [0, 0.05) is 25.3 Å². The number of nitrogens with zero attached hydrogens (tertiary/aromatic N) is 4. The summed E-state index contributed by atoms with van der Waals surface area (Å²) in [6.45, 7) is 4.77. The number of hydrogen-bond donors (Lipinski definition) is 3. The number of nitrogens with one attached hydrogen (secondary N) is 1. The summed E-state index contributed by atoms with van der Waals surface area (Å²) < 4.78 is 3.42. The number of carbonyl (C=O) groups excluding carboxylic acids is 2. The molecule has 0 radical (unpaired) electrons. The van der Waals surface area contributed by atoms with Crippen molar-refractivity contribution in [3.05, 3.63) is 41.2 Å². The molecule has 2 heterocycles. The second-order valence-corrected chi connectivity index (χ2v) is 6.17. The fourth-order valence-corrected chi connectivity index (χ4v) is 2.97. The number of aliphatic hydroxyl groups excluding tert-OH is 1. The lowest BCUT2D eigenvalue weighted by Crippen LogP contribution is -2.20. The van der Waals surface area contributed by atoms with Gasteiger partial charge in [0.15, 0.2) is 0 Å². The van der Waals surface area contributed by atoms with Gasteiger partial charge in [0.05, 0.1) is 16.7 Å². The Morgan fingerprint density at radius 1 is 1.30 bits per heavy atom. The van der Waals surface area contributed by atoms with E-state index in [-0.39, 0.29) is 12.5 Å². The van der Waals surface area contributed by atoms with Crippen LogP contribution < -0.4 is 11.1 Å². The van der Waals surface area contributed by atoms with Crippen LogP contribution in [0.3, 0.4) is 0 Å². The van der Waals surface area contributed by atoms with Crippen molar-refractivity contribution in [1.82, 2.24) is 19.3 Å². The summed E-state index contributed by atoms with van der Waals surface area (Å²) >= 11 is 0. The second kappa shape index (κ2) is 7.58. The normalized spacial score (nSPS) is 11.1. The Morgan fingerprint density at radius 2 is 2.07 bits per heavy atom. The number of primary amides is 1. The Labute approximate surface area is 155 Å². The number of carbonyl (C=O) groups is 2. The van der Waals surface area contributed by atoms with Gasteiger partial charge in [-0.1, -0.05) is 0 Å². The van der Waals surface area contributed by atoms with Gasteiger partial charge in [-0.25, -0.2) is 4.98 Å². The summed E-state index contributed by atoms with van der Waals surface area (Å²) in [5.41, 5.74) is 8.15. The van der Waals surface area contributed by atoms with Gasteiger partial charge in [-0.3, -0.25) is 19.6 Å². The average molecular weight is 370 g/mol. The van der Waals surface area contributed by atoms with Crippen molar-refractivity contribution in [2.75, 3.05) is 11.9 Å². The highest BCUT2D eigenvalue weighted by Gasteiger charge is 2.18. The van der Waals surface area contributed by atoms with Gasteiger partial charge in [0.1, 0.15) is 5.69 Å². The van der Waals surface area contributed by atoms with Crippen LogP contribution in [0.25, 0.3) is 11.0 Å². The molecule has 9 heteroatoms. The molecule has 0 saturated heterocycles. The van der Waals surface area contributed by atoms with Crippen molar-refractivity contribution in [3.63, 3.8) is 0 Å². The molecule has 1 aromatic carbocycles. The zero-order valence-electron chi connectivity index (χ0n) is 15.3. The Balaban J connectivity index is 2.00. The number of aryl methyl sites for hydroxylation is 3. The third kappa shape index (κ3) is 3.68. The van der Waals surface area contributed by atoms with Gasteiger partial charge < -0.3 is 15.4 Å². The maximum Gasteiger partial charge on any atom is 0.276 e. The molecule has 142 valence electrons. The number of aromatic nitrogens is 4. The number of aliphatic hydroxyl groups is 1. The maximum atomic E-state index is 12.7. The fourth-order valence-electron chi connectivity index (χ4n) is 2.97. The Kier molecular flexibility index (Phi) is 5.22. The number of rotatable bonds is 7. The molecule has 2 amide bonds. The Bertz CT molecular complexity index is 1000. The van der Waals surface area contributed by atoms with Gasteiger partial charge >= 0.3 is 0 Å². The van der Waals surface area contributed by atoms with Gasteiger partial charge in [-0.15, -0.1) is 0 Å². The molecular weight excluding hydrogens is 348 g/mol. The summed E-state index contributed by atoms with van der Waals surface area (Å²) in [5, 5.41) is 16.3. The SMILES string of the molecule is CCn1nc(C)cc1C(=O)Nc1nc2cc(C(N)=O)ccc2n1CCCO. The minimum atomic E-state index is -0.547. The number of anilines is 1. The molecule has 4 N–H and O–H groups in total. The van der Waals surface area contributed by atoms with Crippen LogP contribution in [0.1, 0.15) is 39.9 Å². The lowest BCUT2D eigenvalue weighted by Gasteiger charge is -2.10. The predicted molar refractivity (Wildman–Crippen MR) is 101 cm³/mol. The monoisotopic (exact) mass is 370 g/mol. The zero-order chi connectivity index (χ0) is 19.6. The Morgan fingerprint density at radius 3 is 2.74 bits per heavy atom. The topological polar surface area (TPSA) is 128 Å². The van der Waals surface area contributed by atoms with E-state index in [0.717, 1.165) is 11.2 Å². The Hall–Kier alpha value is -3.20. The first-order valence-electron chi connectivity index (χ1n) is 8.71. The van der Waals surface area contributed by atoms with E-state index in [1.54, 1.807) is 33.5 Å². The molecule has 0 aliphatic rings. The van der Waals surface area contributed by atoms with Crippen molar-refractivity contribution in [2.45, 2.75) is 33.4 Å². The molecule has 2 aromatic heterocycles. The number of fused-ring (bicyclic) bond motifs is 1. The molecule has 3 rings (SSSR count). The van der Waals surface area contributed by atoms with Crippen LogP contribution in [0.15, 0.2) is 24.3 Å². The highest BCUT2D eigenvalue weighted by Crippen LogP contribution is 2.22. The van der Waals surface area contributed by atoms with Crippen molar-refractivity contribution in [3.8, 4) is 0 Å². The van der Waals surface area contributed by atoms with E-state index < -0.39 is 5.91 Å². The zero-order valence-corrected chi connectivity index (χ0v) is 15.3. The molecule has 0 aliphatic heterocycles. The summed E-state index contributed by atoms with van der Waals surface area (Å²) in [6, 6.07) is 6.65. The molecule has 3 aromatic rings. The molecule has 27 heavy (non-hydrogen) atoms. The fraction of sp³-hybridized carbons (Fsp3) is 0.333. The van der Waals surface area contributed by atoms with Gasteiger partial charge in [-0.05, 0) is 44.5 Å². The van der Waals surface area contributed by atoms with Crippen molar-refractivity contribution in [2.24, 2.45) is 5.73 Å². The van der Waals surface area contributed by atoms with Crippen LogP contribution in [-0.4, -0.2) is 42.9 Å². The van der Waals surface area contributed by atoms with E-state index >= 15 is 0 Å². The van der Waals surface area contributed by atoms with Gasteiger partial charge in [-0.2, -0.15) is 5.10 Å². The van der Waals surface area contributed by atoms with Crippen LogP contribution in [0.5, 0.6) is 0 Å².